The number of likely N-dealkylation sites (tertiary alicyclic amines) is 1. The van der Waals surface area contributed by atoms with Crippen LogP contribution in [-0.2, 0) is 4.74 Å². The molecule has 11 heteroatoms. The molecule has 3 atom stereocenters. The van der Waals surface area contributed by atoms with Crippen LogP contribution in [0.25, 0.3) is 0 Å². The standard InChI is InChI=1S/C26H23ClFN5O4/c27-20-10-16(11-29)6-7-21(20)32-24-23(28)25(31-15-30-24)37-22-8-9-35-14-17-12-33(13-19(17)22)26(34)36-18-4-2-1-3-5-18/h1-7,10,15,17,19,22H,8-9,12-14H2,(H,30,31,32)/t17?,19?,22-/m0/s1. The van der Waals surface area contributed by atoms with E-state index in [4.69, 9.17) is 31.1 Å². The van der Waals surface area contributed by atoms with E-state index < -0.39 is 18.0 Å². The Bertz CT molecular complexity index is 1320. The first-order valence-electron chi connectivity index (χ1n) is 11.7. The fourth-order valence-corrected chi connectivity index (χ4v) is 4.80. The molecule has 0 radical (unpaired) electrons. The smallest absolute Gasteiger partial charge is 0.415 e. The number of hydrogen-bond donors (Lipinski definition) is 1. The van der Waals surface area contributed by atoms with Gasteiger partial charge in [0.2, 0.25) is 5.82 Å². The molecule has 2 unspecified atom stereocenters. The van der Waals surface area contributed by atoms with E-state index in [1.807, 2.05) is 12.1 Å². The normalized spacial score (nSPS) is 20.9. The van der Waals surface area contributed by atoms with Crippen LogP contribution in [0.4, 0.5) is 20.7 Å². The fraction of sp³-hybridized carbons (Fsp3) is 0.308. The van der Waals surface area contributed by atoms with Crippen molar-refractivity contribution in [1.82, 2.24) is 14.9 Å². The van der Waals surface area contributed by atoms with Crippen molar-refractivity contribution in [2.45, 2.75) is 12.5 Å². The van der Waals surface area contributed by atoms with Crippen LogP contribution in [0.1, 0.15) is 12.0 Å². The van der Waals surface area contributed by atoms with Gasteiger partial charge in [-0.3, -0.25) is 0 Å². The summed E-state index contributed by atoms with van der Waals surface area (Å²) in [4.78, 5) is 22.4. The van der Waals surface area contributed by atoms with Crippen molar-refractivity contribution in [1.29, 1.82) is 5.26 Å². The van der Waals surface area contributed by atoms with E-state index in [0.29, 0.717) is 49.7 Å². The second-order valence-corrected chi connectivity index (χ2v) is 9.21. The summed E-state index contributed by atoms with van der Waals surface area (Å²) in [7, 11) is 0. The monoisotopic (exact) mass is 523 g/mol. The molecule has 0 saturated carbocycles. The minimum atomic E-state index is -0.775. The summed E-state index contributed by atoms with van der Waals surface area (Å²) in [5.74, 6) is -0.715. The van der Waals surface area contributed by atoms with E-state index in [1.54, 1.807) is 41.3 Å². The first-order chi connectivity index (χ1) is 18.0. The third kappa shape index (κ3) is 5.58. The lowest BCUT2D eigenvalue weighted by atomic mass is 9.90. The van der Waals surface area contributed by atoms with Crippen LogP contribution in [0.2, 0.25) is 5.02 Å². The van der Waals surface area contributed by atoms with Crippen LogP contribution in [0.15, 0.2) is 54.9 Å². The highest BCUT2D eigenvalue weighted by molar-refractivity contribution is 6.33. The molecule has 2 fully saturated rings. The largest absolute Gasteiger partial charge is 0.472 e. The van der Waals surface area contributed by atoms with Crippen LogP contribution in [0.3, 0.4) is 0 Å². The molecule has 190 valence electrons. The Labute approximate surface area is 217 Å². The van der Waals surface area contributed by atoms with E-state index >= 15 is 4.39 Å². The molecule has 3 aromatic rings. The average Bonchev–Trinajstić information content (AvgIpc) is 3.25. The minimum absolute atomic E-state index is 0.00997. The van der Waals surface area contributed by atoms with Crippen molar-refractivity contribution in [2.24, 2.45) is 11.8 Å². The van der Waals surface area contributed by atoms with Crippen LogP contribution >= 0.6 is 11.6 Å². The van der Waals surface area contributed by atoms with Gasteiger partial charge in [-0.15, -0.1) is 0 Å². The molecule has 0 bridgehead atoms. The van der Waals surface area contributed by atoms with Crippen molar-refractivity contribution in [3.8, 4) is 17.7 Å². The maximum atomic E-state index is 15.4. The summed E-state index contributed by atoms with van der Waals surface area (Å²) in [6.07, 6.45) is 0.826. The van der Waals surface area contributed by atoms with Gasteiger partial charge in [-0.2, -0.15) is 14.6 Å². The number of fused-ring (bicyclic) bond motifs is 1. The van der Waals surface area contributed by atoms with E-state index in [1.165, 1.54) is 12.4 Å². The lowest BCUT2D eigenvalue weighted by Crippen LogP contribution is -2.35. The van der Waals surface area contributed by atoms with E-state index in [2.05, 4.69) is 15.3 Å². The van der Waals surface area contributed by atoms with Crippen LogP contribution in [-0.4, -0.2) is 53.4 Å². The van der Waals surface area contributed by atoms with Gasteiger partial charge >= 0.3 is 6.09 Å². The number of nitriles is 1. The first kappa shape index (κ1) is 24.7. The summed E-state index contributed by atoms with van der Waals surface area (Å²) < 4.78 is 32.7. The molecular formula is C26H23ClFN5O4. The zero-order valence-corrected chi connectivity index (χ0v) is 20.4. The minimum Gasteiger partial charge on any atom is -0.472 e. The number of amides is 1. The summed E-state index contributed by atoms with van der Waals surface area (Å²) in [6.45, 7) is 1.76. The number of nitrogens with zero attached hydrogens (tertiary/aromatic N) is 4. The number of benzene rings is 2. The van der Waals surface area contributed by atoms with Gasteiger partial charge in [-0.1, -0.05) is 29.8 Å². The Morgan fingerprint density at radius 3 is 2.84 bits per heavy atom. The predicted octanol–water partition coefficient (Wildman–Crippen LogP) is 4.80. The number of halogens is 2. The molecule has 3 heterocycles. The van der Waals surface area contributed by atoms with Crippen LogP contribution < -0.4 is 14.8 Å². The van der Waals surface area contributed by atoms with Gasteiger partial charge in [-0.25, -0.2) is 9.78 Å². The molecule has 2 aliphatic heterocycles. The van der Waals surface area contributed by atoms with E-state index in [0.717, 1.165) is 0 Å². The maximum absolute atomic E-state index is 15.4. The van der Waals surface area contributed by atoms with Crippen LogP contribution in [0.5, 0.6) is 11.6 Å². The predicted molar refractivity (Wildman–Crippen MR) is 132 cm³/mol. The summed E-state index contributed by atoms with van der Waals surface area (Å²) in [5.41, 5.74) is 0.765. The van der Waals surface area contributed by atoms with Gasteiger partial charge in [0.1, 0.15) is 18.2 Å². The molecule has 2 saturated heterocycles. The third-order valence-electron chi connectivity index (χ3n) is 6.43. The maximum Gasteiger partial charge on any atom is 0.415 e. The van der Waals surface area contributed by atoms with Crippen LogP contribution in [0, 0.1) is 29.0 Å². The summed E-state index contributed by atoms with van der Waals surface area (Å²) in [5, 5.41) is 12.1. The second-order valence-electron chi connectivity index (χ2n) is 8.80. The Morgan fingerprint density at radius 1 is 1.22 bits per heavy atom. The molecule has 1 amide bonds. The third-order valence-corrected chi connectivity index (χ3v) is 6.74. The number of carbonyl (C=O) groups excluding carboxylic acids is 1. The zero-order valence-electron chi connectivity index (χ0n) is 19.6. The molecule has 9 nitrogen and oxygen atoms in total. The number of rotatable bonds is 5. The number of aromatic nitrogens is 2. The lowest BCUT2D eigenvalue weighted by Gasteiger charge is -2.25. The molecule has 2 aliphatic rings. The molecule has 2 aromatic carbocycles. The Morgan fingerprint density at radius 2 is 2.05 bits per heavy atom. The van der Waals surface area contributed by atoms with Gasteiger partial charge in [0.05, 0.1) is 35.6 Å². The number of ether oxygens (including phenoxy) is 3. The van der Waals surface area contributed by atoms with Gasteiger partial charge in [0, 0.05) is 31.3 Å². The zero-order chi connectivity index (χ0) is 25.8. The van der Waals surface area contributed by atoms with E-state index in [-0.39, 0.29) is 28.6 Å². The molecule has 37 heavy (non-hydrogen) atoms. The Hall–Kier alpha value is -3.94. The van der Waals surface area contributed by atoms with Gasteiger partial charge in [0.15, 0.2) is 5.82 Å². The number of carbonyl (C=O) groups is 1. The van der Waals surface area contributed by atoms with Crippen molar-refractivity contribution in [2.75, 3.05) is 31.6 Å². The highest BCUT2D eigenvalue weighted by Gasteiger charge is 2.43. The Kier molecular flexibility index (Phi) is 7.35. The van der Waals surface area contributed by atoms with Crippen molar-refractivity contribution >= 4 is 29.2 Å². The lowest BCUT2D eigenvalue weighted by molar-refractivity contribution is 0.0995. The highest BCUT2D eigenvalue weighted by Crippen LogP contribution is 2.35. The van der Waals surface area contributed by atoms with Gasteiger partial charge in [-0.05, 0) is 30.3 Å². The molecular weight excluding hydrogens is 501 g/mol. The number of nitrogens with one attached hydrogen (secondary N) is 1. The SMILES string of the molecule is N#Cc1ccc(Nc2ncnc(O[C@H]3CCOCC4CN(C(=O)Oc5ccccc5)CC43)c2F)c(Cl)c1. The number of anilines is 2. The number of hydrogen-bond acceptors (Lipinski definition) is 8. The first-order valence-corrected chi connectivity index (χ1v) is 12.1. The second kappa shape index (κ2) is 11.0. The molecule has 5 rings (SSSR count). The van der Waals surface area contributed by atoms with E-state index in [9.17, 15) is 4.79 Å². The van der Waals surface area contributed by atoms with Gasteiger partial charge < -0.3 is 24.4 Å². The van der Waals surface area contributed by atoms with Crippen molar-refractivity contribution in [3.05, 3.63) is 71.3 Å². The molecule has 1 aromatic heterocycles. The van der Waals surface area contributed by atoms with Crippen molar-refractivity contribution in [3.63, 3.8) is 0 Å². The Balaban J connectivity index is 1.30. The average molecular weight is 524 g/mol. The van der Waals surface area contributed by atoms with Gasteiger partial charge in [0.25, 0.3) is 5.88 Å². The number of para-hydroxylation sites is 1. The quantitative estimate of drug-likeness (QED) is 0.508. The fourth-order valence-electron chi connectivity index (χ4n) is 4.57. The molecule has 0 spiro atoms. The summed E-state index contributed by atoms with van der Waals surface area (Å²) in [6, 6.07) is 15.5. The summed E-state index contributed by atoms with van der Waals surface area (Å²) >= 11 is 6.21. The topological polar surface area (TPSA) is 110 Å². The highest BCUT2D eigenvalue weighted by atomic mass is 35.5. The molecule has 1 N–H and O–H groups in total. The van der Waals surface area contributed by atoms with Crippen molar-refractivity contribution < 1.29 is 23.4 Å². The molecule has 0 aliphatic carbocycles.